The number of nitrogens with zero attached hydrogens (tertiary/aromatic N) is 1. The molecule has 3 aliphatic carbocycles. The molecule has 11 heteroatoms. The molecule has 3 aliphatic rings. The van der Waals surface area contributed by atoms with Crippen LogP contribution in [0.1, 0.15) is 28.8 Å². The number of rotatable bonds is 4. The fourth-order valence-corrected chi connectivity index (χ4v) is 5.62. The summed E-state index contributed by atoms with van der Waals surface area (Å²) in [7, 11) is 3.40. The van der Waals surface area contributed by atoms with E-state index in [2.05, 4.69) is 5.32 Å². The van der Waals surface area contributed by atoms with E-state index in [0.717, 1.165) is 0 Å². The highest BCUT2D eigenvalue weighted by Crippen LogP contribution is 2.53. The molecule has 0 spiro atoms. The summed E-state index contributed by atoms with van der Waals surface area (Å²) in [5.41, 5.74) is 2.44. The van der Waals surface area contributed by atoms with Crippen molar-refractivity contribution in [3.63, 3.8) is 0 Å². The first-order chi connectivity index (χ1) is 15.9. The molecule has 182 valence electrons. The number of likely N-dealkylation sites (N-methyl/N-ethyl adjacent to an activating group) is 1. The van der Waals surface area contributed by atoms with Gasteiger partial charge in [0.05, 0.1) is 23.7 Å². The normalized spacial score (nSPS) is 30.5. The van der Waals surface area contributed by atoms with Crippen molar-refractivity contribution in [3.8, 4) is 5.75 Å². The van der Waals surface area contributed by atoms with Gasteiger partial charge in [-0.3, -0.25) is 19.2 Å². The lowest BCUT2D eigenvalue weighted by atomic mass is 9.55. The first-order valence-corrected chi connectivity index (χ1v) is 10.9. The van der Waals surface area contributed by atoms with Crippen LogP contribution in [0.2, 0.25) is 0 Å². The van der Waals surface area contributed by atoms with E-state index in [-0.39, 0.29) is 37.1 Å². The van der Waals surface area contributed by atoms with Crippen molar-refractivity contribution in [1.82, 2.24) is 4.90 Å². The maximum absolute atomic E-state index is 13.5. The number of nitrogens with one attached hydrogen (secondary N) is 1. The average molecular weight is 473 g/mol. The molecule has 34 heavy (non-hydrogen) atoms. The van der Waals surface area contributed by atoms with E-state index in [4.69, 9.17) is 5.73 Å². The van der Waals surface area contributed by atoms with Gasteiger partial charge in [0, 0.05) is 12.3 Å². The molecule has 1 aromatic carbocycles. The van der Waals surface area contributed by atoms with Crippen LogP contribution in [0.25, 0.3) is 0 Å². The lowest BCUT2D eigenvalue weighted by Gasteiger charge is -2.52. The third-order valence-corrected chi connectivity index (χ3v) is 7.11. The summed E-state index contributed by atoms with van der Waals surface area (Å²) in [5.74, 6) is -7.16. The Morgan fingerprint density at radius 3 is 2.50 bits per heavy atom. The molecule has 0 aromatic heterocycles. The zero-order valence-corrected chi connectivity index (χ0v) is 18.7. The predicted octanol–water partition coefficient (Wildman–Crippen LogP) is -0.754. The van der Waals surface area contributed by atoms with Crippen molar-refractivity contribution >= 4 is 29.1 Å². The molecule has 0 saturated heterocycles. The number of amides is 2. The van der Waals surface area contributed by atoms with Crippen molar-refractivity contribution in [2.75, 3.05) is 26.0 Å². The topological polar surface area (TPSA) is 190 Å². The number of hydrogen-bond acceptors (Lipinski definition) is 9. The van der Waals surface area contributed by atoms with E-state index < -0.39 is 69.9 Å². The van der Waals surface area contributed by atoms with Gasteiger partial charge in [-0.15, -0.1) is 0 Å². The first-order valence-electron chi connectivity index (χ1n) is 10.9. The van der Waals surface area contributed by atoms with Crippen LogP contribution in [0, 0.1) is 17.8 Å². The molecule has 5 atom stereocenters. The van der Waals surface area contributed by atoms with Crippen LogP contribution in [0.15, 0.2) is 23.5 Å². The maximum atomic E-state index is 13.5. The number of anilines is 1. The lowest BCUT2D eigenvalue weighted by molar-refractivity contribution is -0.170. The zero-order valence-electron chi connectivity index (χ0n) is 18.7. The van der Waals surface area contributed by atoms with Gasteiger partial charge < -0.3 is 36.4 Å². The second-order valence-corrected chi connectivity index (χ2v) is 9.55. The van der Waals surface area contributed by atoms with E-state index >= 15 is 0 Å². The lowest BCUT2D eigenvalue weighted by Crippen LogP contribution is -2.64. The molecule has 7 N–H and O–H groups in total. The van der Waals surface area contributed by atoms with E-state index in [0.29, 0.717) is 5.56 Å². The fourth-order valence-electron chi connectivity index (χ4n) is 5.62. The Hall–Kier alpha value is -3.28. The van der Waals surface area contributed by atoms with Gasteiger partial charge in [0.25, 0.3) is 5.91 Å². The van der Waals surface area contributed by atoms with Crippen molar-refractivity contribution in [2.45, 2.75) is 31.0 Å². The largest absolute Gasteiger partial charge is 0.508 e. The van der Waals surface area contributed by atoms with Crippen LogP contribution in [-0.4, -0.2) is 81.1 Å². The molecule has 0 radical (unpaired) electrons. The summed E-state index contributed by atoms with van der Waals surface area (Å²) < 4.78 is 0. The second kappa shape index (κ2) is 8.19. The Morgan fingerprint density at radius 2 is 1.88 bits per heavy atom. The molecule has 0 bridgehead atoms. The molecule has 0 heterocycles. The zero-order chi connectivity index (χ0) is 25.1. The van der Waals surface area contributed by atoms with Gasteiger partial charge in [-0.2, -0.15) is 0 Å². The number of carbonyl (C=O) groups is 4. The summed E-state index contributed by atoms with van der Waals surface area (Å²) in [5, 5.41) is 46.4. The number of Topliss-reactive ketones (excluding diaryl/α,β-unsaturated/α-hetero) is 2. The monoisotopic (exact) mass is 473 g/mol. The number of primary amides is 1. The molecule has 1 aromatic rings. The average Bonchev–Trinajstić information content (AvgIpc) is 2.72. The molecule has 0 aliphatic heterocycles. The van der Waals surface area contributed by atoms with Gasteiger partial charge in [-0.05, 0) is 44.5 Å². The minimum Gasteiger partial charge on any atom is -0.508 e. The number of benzene rings is 1. The number of phenols is 1. The molecule has 5 unspecified atom stereocenters. The van der Waals surface area contributed by atoms with Gasteiger partial charge in [0.1, 0.15) is 23.2 Å². The van der Waals surface area contributed by atoms with Crippen LogP contribution in [0.5, 0.6) is 5.75 Å². The number of nitrogens with two attached hydrogens (primary N) is 1. The molecule has 4 rings (SSSR count). The Bertz CT molecular complexity index is 1140. The standard InChI is InChI=1S/C23H27N3O8/c1-26(2)8-14(28)25-12-4-3-9-5-10-6-11-7-13(27)17(22(24)33)21(32)23(11,34)20(31)16(10)19(30)15(9)18(12)29/h3-4,10-11,16,20,29,31-32,34H,5-8H2,1-2H3,(H2,24,33)(H,25,28). The number of phenolic OH excluding ortho intramolecular Hbond substituents is 1. The highest BCUT2D eigenvalue weighted by atomic mass is 16.4. The highest BCUT2D eigenvalue weighted by Gasteiger charge is 2.62. The third kappa shape index (κ3) is 3.47. The van der Waals surface area contributed by atoms with Crippen LogP contribution in [0.4, 0.5) is 5.69 Å². The van der Waals surface area contributed by atoms with Crippen molar-refractivity contribution < 1.29 is 39.6 Å². The minimum absolute atomic E-state index is 0.0290. The minimum atomic E-state index is -2.42. The molecule has 11 nitrogen and oxygen atoms in total. The van der Waals surface area contributed by atoms with Gasteiger partial charge in [0.15, 0.2) is 17.2 Å². The number of aliphatic hydroxyl groups is 3. The summed E-state index contributed by atoms with van der Waals surface area (Å²) in [6, 6.07) is 3.10. The number of hydrogen-bond donors (Lipinski definition) is 6. The van der Waals surface area contributed by atoms with Crippen molar-refractivity contribution in [2.24, 2.45) is 23.5 Å². The number of aromatic hydroxyl groups is 1. The third-order valence-electron chi connectivity index (χ3n) is 7.11. The Balaban J connectivity index is 1.73. The van der Waals surface area contributed by atoms with Crippen LogP contribution in [-0.2, 0) is 20.8 Å². The van der Waals surface area contributed by atoms with Gasteiger partial charge in [0.2, 0.25) is 5.91 Å². The summed E-state index contributed by atoms with van der Waals surface area (Å²) in [6.07, 6.45) is -1.79. The van der Waals surface area contributed by atoms with Crippen LogP contribution in [0.3, 0.4) is 0 Å². The van der Waals surface area contributed by atoms with Gasteiger partial charge in [-0.1, -0.05) is 6.07 Å². The summed E-state index contributed by atoms with van der Waals surface area (Å²) >= 11 is 0. The Kier molecular flexibility index (Phi) is 5.75. The Labute approximate surface area is 194 Å². The van der Waals surface area contributed by atoms with Gasteiger partial charge >= 0.3 is 0 Å². The first kappa shape index (κ1) is 23.9. The fraction of sp³-hybridized carbons (Fsp3) is 0.478. The molecule has 2 amide bonds. The smallest absolute Gasteiger partial charge is 0.255 e. The van der Waals surface area contributed by atoms with Crippen molar-refractivity contribution in [3.05, 3.63) is 34.6 Å². The van der Waals surface area contributed by atoms with Crippen LogP contribution < -0.4 is 11.1 Å². The number of ketones is 2. The quantitative estimate of drug-likeness (QED) is 0.241. The SMILES string of the molecule is CN(C)CC(=O)Nc1ccc2c(c1O)C(=O)C1C(C2)CC2CC(=O)C(C(N)=O)=C(O)C2(O)C1O. The maximum Gasteiger partial charge on any atom is 0.255 e. The second-order valence-electron chi connectivity index (χ2n) is 9.55. The number of carbonyl (C=O) groups excluding carboxylic acids is 4. The number of fused-ring (bicyclic) bond motifs is 3. The molecule has 1 saturated carbocycles. The van der Waals surface area contributed by atoms with E-state index in [1.807, 2.05) is 0 Å². The molecule has 1 fully saturated rings. The highest BCUT2D eigenvalue weighted by molar-refractivity contribution is 6.20. The van der Waals surface area contributed by atoms with E-state index in [1.54, 1.807) is 25.1 Å². The van der Waals surface area contributed by atoms with Crippen molar-refractivity contribution in [1.29, 1.82) is 0 Å². The molecular formula is C23H27N3O8. The van der Waals surface area contributed by atoms with E-state index in [9.17, 15) is 39.6 Å². The van der Waals surface area contributed by atoms with Crippen LogP contribution >= 0.6 is 0 Å². The summed E-state index contributed by atoms with van der Waals surface area (Å²) in [4.78, 5) is 51.3. The predicted molar refractivity (Wildman–Crippen MR) is 118 cm³/mol. The van der Waals surface area contributed by atoms with E-state index in [1.165, 1.54) is 6.07 Å². The van der Waals surface area contributed by atoms with Gasteiger partial charge in [-0.25, -0.2) is 0 Å². The Morgan fingerprint density at radius 1 is 1.21 bits per heavy atom. The number of aliphatic hydroxyl groups excluding tert-OH is 2. The molecular weight excluding hydrogens is 446 g/mol. The summed E-state index contributed by atoms with van der Waals surface area (Å²) in [6.45, 7) is 0.0504.